The van der Waals surface area contributed by atoms with E-state index >= 15 is 0 Å². The Labute approximate surface area is 62.2 Å². The molecule has 0 radical (unpaired) electrons. The van der Waals surface area contributed by atoms with E-state index in [-0.39, 0.29) is 4.90 Å². The molecular formula is C5H5FO2S2. The van der Waals surface area contributed by atoms with Crippen LogP contribution in [0.5, 0.6) is 0 Å². The highest BCUT2D eigenvalue weighted by molar-refractivity contribution is 7.90. The average Bonchev–Trinajstić information content (AvgIpc) is 2.11. The van der Waals surface area contributed by atoms with E-state index in [1.54, 1.807) is 0 Å². The molecule has 1 aromatic rings. The number of sulfone groups is 1. The fourth-order valence-electron chi connectivity index (χ4n) is 0.489. The van der Waals surface area contributed by atoms with Gasteiger partial charge in [0.25, 0.3) is 0 Å². The number of hydrogen-bond acceptors (Lipinski definition) is 3. The fourth-order valence-corrected chi connectivity index (χ4v) is 2.22. The summed E-state index contributed by atoms with van der Waals surface area (Å²) in [4.78, 5) is 0.0509. The summed E-state index contributed by atoms with van der Waals surface area (Å²) in [6, 6.07) is 1.01. The molecule has 0 saturated heterocycles. The smallest absolute Gasteiger partial charge is 0.177 e. The zero-order valence-corrected chi connectivity index (χ0v) is 6.80. The minimum atomic E-state index is -3.21. The Kier molecular flexibility index (Phi) is 1.78. The Morgan fingerprint density at radius 3 is 2.40 bits per heavy atom. The normalized spacial score (nSPS) is 11.8. The molecule has 1 rings (SSSR count). The zero-order chi connectivity index (χ0) is 7.78. The molecule has 0 aliphatic rings. The maximum absolute atomic E-state index is 12.2. The van der Waals surface area contributed by atoms with Crippen molar-refractivity contribution in [2.24, 2.45) is 0 Å². The van der Waals surface area contributed by atoms with Gasteiger partial charge in [0.05, 0.1) is 4.90 Å². The molecule has 0 N–H and O–H groups in total. The quantitative estimate of drug-likeness (QED) is 0.652. The lowest BCUT2D eigenvalue weighted by Gasteiger charge is -1.86. The summed E-state index contributed by atoms with van der Waals surface area (Å²) < 4.78 is 33.6. The van der Waals surface area contributed by atoms with E-state index in [1.165, 1.54) is 5.38 Å². The van der Waals surface area contributed by atoms with E-state index in [4.69, 9.17) is 0 Å². The number of hydrogen-bond donors (Lipinski definition) is 0. The predicted octanol–water partition coefficient (Wildman–Crippen LogP) is 1.29. The molecule has 0 spiro atoms. The van der Waals surface area contributed by atoms with Gasteiger partial charge >= 0.3 is 0 Å². The number of halogens is 1. The molecule has 2 nitrogen and oxygen atoms in total. The van der Waals surface area contributed by atoms with Crippen molar-refractivity contribution in [3.05, 3.63) is 16.6 Å². The summed E-state index contributed by atoms with van der Waals surface area (Å²) in [7, 11) is -3.21. The third-order valence-electron chi connectivity index (χ3n) is 0.972. The van der Waals surface area contributed by atoms with Crippen molar-refractivity contribution in [1.82, 2.24) is 0 Å². The summed E-state index contributed by atoms with van der Waals surface area (Å²) in [5.41, 5.74) is 0. The molecule has 5 heteroatoms. The Morgan fingerprint density at radius 2 is 2.20 bits per heavy atom. The van der Waals surface area contributed by atoms with Gasteiger partial charge in [0, 0.05) is 17.7 Å². The van der Waals surface area contributed by atoms with Crippen LogP contribution in [0.25, 0.3) is 0 Å². The number of rotatable bonds is 1. The standard InChI is InChI=1S/C5H5FO2S2/c1-10(7,8)4-2-5(6)9-3-4/h2-3H,1H3. The molecule has 56 valence electrons. The largest absolute Gasteiger partial charge is 0.224 e. The number of thiophene rings is 1. The van der Waals surface area contributed by atoms with Crippen molar-refractivity contribution in [2.75, 3.05) is 6.26 Å². The van der Waals surface area contributed by atoms with Gasteiger partial charge in [0.1, 0.15) is 0 Å². The first-order valence-corrected chi connectivity index (χ1v) is 5.21. The van der Waals surface area contributed by atoms with Crippen LogP contribution in [0, 0.1) is 5.13 Å². The van der Waals surface area contributed by atoms with E-state index in [0.29, 0.717) is 0 Å². The van der Waals surface area contributed by atoms with Gasteiger partial charge in [-0.15, -0.1) is 11.3 Å². The lowest BCUT2D eigenvalue weighted by molar-refractivity contribution is 0.600. The maximum Gasteiger partial charge on any atom is 0.177 e. The van der Waals surface area contributed by atoms with Crippen molar-refractivity contribution in [2.45, 2.75) is 4.90 Å². The monoisotopic (exact) mass is 180 g/mol. The molecule has 0 atom stereocenters. The SMILES string of the molecule is CS(=O)(=O)c1csc(F)c1. The predicted molar refractivity (Wildman–Crippen MR) is 37.4 cm³/mol. The molecule has 0 amide bonds. The van der Waals surface area contributed by atoms with Crippen LogP contribution in [0.3, 0.4) is 0 Å². The van der Waals surface area contributed by atoms with Crippen LogP contribution in [0.4, 0.5) is 4.39 Å². The van der Waals surface area contributed by atoms with Crippen molar-refractivity contribution in [1.29, 1.82) is 0 Å². The van der Waals surface area contributed by atoms with Crippen LogP contribution in [0.1, 0.15) is 0 Å². The van der Waals surface area contributed by atoms with Gasteiger partial charge in [0.15, 0.2) is 15.0 Å². The van der Waals surface area contributed by atoms with Gasteiger partial charge in [-0.25, -0.2) is 8.42 Å². The second-order valence-electron chi connectivity index (χ2n) is 1.86. The Bertz CT molecular complexity index is 325. The van der Waals surface area contributed by atoms with Gasteiger partial charge in [-0.1, -0.05) is 0 Å². The van der Waals surface area contributed by atoms with E-state index in [1.807, 2.05) is 0 Å². The summed E-state index contributed by atoms with van der Waals surface area (Å²) in [5, 5.41) is 0.811. The average molecular weight is 180 g/mol. The molecule has 0 unspecified atom stereocenters. The molecule has 1 heterocycles. The van der Waals surface area contributed by atoms with Crippen LogP contribution in [-0.2, 0) is 9.84 Å². The van der Waals surface area contributed by atoms with Crippen LogP contribution < -0.4 is 0 Å². The van der Waals surface area contributed by atoms with Gasteiger partial charge in [-0.05, 0) is 0 Å². The lowest BCUT2D eigenvalue weighted by Crippen LogP contribution is -1.93. The molecule has 0 aromatic carbocycles. The highest BCUT2D eigenvalue weighted by Crippen LogP contribution is 2.16. The van der Waals surface area contributed by atoms with Crippen LogP contribution in [-0.4, -0.2) is 14.7 Å². The summed E-state index contributed by atoms with van der Waals surface area (Å²) in [5.74, 6) is 0. The van der Waals surface area contributed by atoms with Crippen molar-refractivity contribution < 1.29 is 12.8 Å². The van der Waals surface area contributed by atoms with Crippen LogP contribution in [0.2, 0.25) is 0 Å². The van der Waals surface area contributed by atoms with Crippen molar-refractivity contribution in [3.63, 3.8) is 0 Å². The lowest BCUT2D eigenvalue weighted by atomic mass is 10.7. The highest BCUT2D eigenvalue weighted by atomic mass is 32.2. The maximum atomic E-state index is 12.2. The fraction of sp³-hybridized carbons (Fsp3) is 0.200. The van der Waals surface area contributed by atoms with E-state index in [9.17, 15) is 12.8 Å². The van der Waals surface area contributed by atoms with Gasteiger partial charge in [-0.3, -0.25) is 0 Å². The third kappa shape index (κ3) is 1.54. The molecule has 0 aliphatic heterocycles. The van der Waals surface area contributed by atoms with Crippen molar-refractivity contribution >= 4 is 21.2 Å². The first-order chi connectivity index (χ1) is 4.50. The molecule has 10 heavy (non-hydrogen) atoms. The van der Waals surface area contributed by atoms with Crippen LogP contribution in [0.15, 0.2) is 16.3 Å². The van der Waals surface area contributed by atoms with Gasteiger partial charge in [-0.2, -0.15) is 4.39 Å². The second kappa shape index (κ2) is 2.32. The first-order valence-electron chi connectivity index (χ1n) is 2.44. The Morgan fingerprint density at radius 1 is 1.60 bits per heavy atom. The summed E-state index contributed by atoms with van der Waals surface area (Å²) >= 11 is 0.785. The molecule has 0 fully saturated rings. The zero-order valence-electron chi connectivity index (χ0n) is 5.17. The highest BCUT2D eigenvalue weighted by Gasteiger charge is 2.08. The van der Waals surface area contributed by atoms with Gasteiger partial charge < -0.3 is 0 Å². The van der Waals surface area contributed by atoms with E-state index < -0.39 is 15.0 Å². The minimum Gasteiger partial charge on any atom is -0.224 e. The Balaban J connectivity index is 3.21. The van der Waals surface area contributed by atoms with Gasteiger partial charge in [0.2, 0.25) is 0 Å². The third-order valence-corrected chi connectivity index (χ3v) is 2.93. The molecule has 0 aliphatic carbocycles. The molecule has 1 aromatic heterocycles. The first kappa shape index (κ1) is 7.68. The van der Waals surface area contributed by atoms with Crippen molar-refractivity contribution in [3.8, 4) is 0 Å². The molecule has 0 bridgehead atoms. The summed E-state index contributed by atoms with van der Waals surface area (Å²) in [6.07, 6.45) is 1.05. The molecular weight excluding hydrogens is 175 g/mol. The van der Waals surface area contributed by atoms with E-state index in [0.717, 1.165) is 23.7 Å². The minimum absolute atomic E-state index is 0.0509. The van der Waals surface area contributed by atoms with Crippen LogP contribution >= 0.6 is 11.3 Å². The molecule has 0 saturated carbocycles. The topological polar surface area (TPSA) is 34.1 Å². The van der Waals surface area contributed by atoms with E-state index in [2.05, 4.69) is 0 Å². The summed E-state index contributed by atoms with van der Waals surface area (Å²) in [6.45, 7) is 0. The second-order valence-corrected chi connectivity index (χ2v) is 4.74. The Hall–Kier alpha value is -0.420.